The number of aromatic amines is 1. The number of hydrogen-bond acceptors (Lipinski definition) is 6. The normalized spacial score (nSPS) is 28.1. The van der Waals surface area contributed by atoms with E-state index in [0.717, 1.165) is 0 Å². The molecule has 1 aliphatic heterocycles. The lowest BCUT2D eigenvalue weighted by atomic mass is 10.1. The molecule has 1 aromatic rings. The summed E-state index contributed by atoms with van der Waals surface area (Å²) in [6.07, 6.45) is -0.701. The van der Waals surface area contributed by atoms with Gasteiger partial charge in [-0.05, 0) is 28.2 Å². The fourth-order valence-electron chi connectivity index (χ4n) is 5.13. The van der Waals surface area contributed by atoms with Crippen LogP contribution in [0.25, 0.3) is 0 Å². The second-order valence-corrected chi connectivity index (χ2v) is 31.7. The van der Waals surface area contributed by atoms with Gasteiger partial charge in [-0.25, -0.2) is 4.79 Å². The molecule has 38 heavy (non-hydrogen) atoms. The summed E-state index contributed by atoms with van der Waals surface area (Å²) < 4.78 is 14.6. The smallest absolute Gasteiger partial charge is 0.330 e. The maximum atomic E-state index is 13.3. The number of nitrogens with one attached hydrogen (secondary N) is 1. The Balaban J connectivity index is 2.99. The van der Waals surface area contributed by atoms with Crippen molar-refractivity contribution in [3.05, 3.63) is 33.1 Å². The average molecular weight is 587 g/mol. The van der Waals surface area contributed by atoms with Crippen LogP contribution in [0.2, 0.25) is 54.4 Å². The third kappa shape index (κ3) is 4.83. The Morgan fingerprint density at radius 3 is 1.71 bits per heavy atom. The molecule has 0 saturated carbocycles. The van der Waals surface area contributed by atoms with Gasteiger partial charge in [0.1, 0.15) is 16.6 Å². The molecule has 1 aromatic heterocycles. The van der Waals surface area contributed by atoms with Crippen molar-refractivity contribution in [2.24, 2.45) is 0 Å². The number of aliphatic hydroxyl groups is 2. The fraction of sp³-hybridized carbons (Fsp3) is 0.852. The standard InChI is InChI=1S/C27H54N2O6Si3/c1-23(2,3)36(10,11)26(32)19(18-34-38(14,15)25(7,8)9)35-21(29-17-16-20(30)28-22(29)31)27(26,33)37(12,13)24(4,5)6/h16-17,19,21,32-33H,18H2,1-15H3,(H,28,30,31)/t19-,21-,26+,27-/m1/s1. The highest BCUT2D eigenvalue weighted by molar-refractivity contribution is 6.89. The zero-order valence-corrected chi connectivity index (χ0v) is 29.5. The summed E-state index contributed by atoms with van der Waals surface area (Å²) in [5.41, 5.74) is -1.21. The summed E-state index contributed by atoms with van der Waals surface area (Å²) in [6.45, 7) is 31.8. The number of nitrogens with zero attached hydrogens (tertiary/aromatic N) is 1. The molecular weight excluding hydrogens is 533 g/mol. The van der Waals surface area contributed by atoms with Gasteiger partial charge in [-0.1, -0.05) is 88.5 Å². The van der Waals surface area contributed by atoms with Crippen molar-refractivity contribution in [1.82, 2.24) is 9.55 Å². The van der Waals surface area contributed by atoms with Gasteiger partial charge in [-0.15, -0.1) is 0 Å². The molecule has 0 spiro atoms. The van der Waals surface area contributed by atoms with E-state index in [1.54, 1.807) is 0 Å². The molecule has 8 nitrogen and oxygen atoms in total. The Hall–Kier alpha value is -0.829. The van der Waals surface area contributed by atoms with Gasteiger partial charge < -0.3 is 19.4 Å². The van der Waals surface area contributed by atoms with Crippen LogP contribution < -0.4 is 11.2 Å². The van der Waals surface area contributed by atoms with Crippen molar-refractivity contribution < 1.29 is 19.4 Å². The molecule has 0 amide bonds. The first-order valence-electron chi connectivity index (χ1n) is 13.7. The van der Waals surface area contributed by atoms with Crippen molar-refractivity contribution in [2.75, 3.05) is 6.61 Å². The van der Waals surface area contributed by atoms with Gasteiger partial charge >= 0.3 is 5.69 Å². The lowest BCUT2D eigenvalue weighted by Crippen LogP contribution is -2.82. The molecule has 1 saturated heterocycles. The molecule has 0 radical (unpaired) electrons. The Bertz CT molecular complexity index is 1140. The zero-order valence-electron chi connectivity index (χ0n) is 26.5. The van der Waals surface area contributed by atoms with Gasteiger partial charge in [-0.2, -0.15) is 0 Å². The van der Waals surface area contributed by atoms with Crippen LogP contribution in [0.5, 0.6) is 0 Å². The van der Waals surface area contributed by atoms with Crippen LogP contribution in [-0.4, -0.2) is 67.4 Å². The minimum Gasteiger partial charge on any atom is -0.414 e. The van der Waals surface area contributed by atoms with Crippen LogP contribution in [0.15, 0.2) is 21.9 Å². The Labute approximate surface area is 232 Å². The van der Waals surface area contributed by atoms with Crippen molar-refractivity contribution >= 4 is 24.5 Å². The first-order valence-corrected chi connectivity index (χ1v) is 22.6. The van der Waals surface area contributed by atoms with E-state index in [9.17, 15) is 19.8 Å². The van der Waals surface area contributed by atoms with Gasteiger partial charge in [0, 0.05) is 12.3 Å². The molecular formula is C27H54N2O6Si3. The van der Waals surface area contributed by atoms with Gasteiger partial charge in [0.2, 0.25) is 0 Å². The maximum absolute atomic E-state index is 13.3. The van der Waals surface area contributed by atoms with E-state index in [2.05, 4.69) is 107 Å². The molecule has 1 fully saturated rings. The number of H-pyrrole nitrogens is 1. The average Bonchev–Trinajstić information content (AvgIpc) is 2.94. The summed E-state index contributed by atoms with van der Waals surface area (Å²) in [5.74, 6) is 0. The van der Waals surface area contributed by atoms with Crippen LogP contribution in [0.3, 0.4) is 0 Å². The largest absolute Gasteiger partial charge is 0.414 e. The quantitative estimate of drug-likeness (QED) is 0.404. The van der Waals surface area contributed by atoms with E-state index in [1.807, 2.05) is 0 Å². The molecule has 0 aromatic carbocycles. The van der Waals surface area contributed by atoms with E-state index >= 15 is 0 Å². The van der Waals surface area contributed by atoms with E-state index in [-0.39, 0.29) is 21.7 Å². The van der Waals surface area contributed by atoms with Gasteiger partial charge in [0.15, 0.2) is 14.5 Å². The molecule has 2 rings (SSSR count). The summed E-state index contributed by atoms with van der Waals surface area (Å²) in [6, 6.07) is 1.25. The SMILES string of the molecule is CC(C)(C)[Si](C)(C)OC[C@H]1O[C@@H](n2ccc(=O)[nH]c2=O)[C@@](O)([Si](C)(C)C(C)(C)C)[C@@]1(O)[Si](C)(C)C(C)(C)C. The second-order valence-electron chi connectivity index (χ2n) is 15.8. The number of aromatic nitrogens is 2. The van der Waals surface area contributed by atoms with Gasteiger partial charge in [0.05, 0.1) is 22.8 Å². The van der Waals surface area contributed by atoms with Crippen molar-refractivity contribution in [3.8, 4) is 0 Å². The minimum absolute atomic E-state index is 0.0638. The van der Waals surface area contributed by atoms with Crippen LogP contribution in [-0.2, 0) is 9.16 Å². The lowest BCUT2D eigenvalue weighted by molar-refractivity contribution is -0.0768. The number of hydrogen-bond donors (Lipinski definition) is 3. The molecule has 220 valence electrons. The van der Waals surface area contributed by atoms with E-state index in [4.69, 9.17) is 9.16 Å². The highest BCUT2D eigenvalue weighted by atomic mass is 28.4. The van der Waals surface area contributed by atoms with Crippen molar-refractivity contribution in [3.63, 3.8) is 0 Å². The van der Waals surface area contributed by atoms with E-state index < -0.39 is 58.5 Å². The fourth-order valence-corrected chi connectivity index (χ4v) is 14.3. The first-order chi connectivity index (χ1) is 16.6. The van der Waals surface area contributed by atoms with Crippen LogP contribution in [0.4, 0.5) is 0 Å². The highest BCUT2D eigenvalue weighted by Crippen LogP contribution is 2.62. The maximum Gasteiger partial charge on any atom is 0.330 e. The van der Waals surface area contributed by atoms with Gasteiger partial charge in [0.25, 0.3) is 5.56 Å². The molecule has 0 unspecified atom stereocenters. The predicted molar refractivity (Wildman–Crippen MR) is 163 cm³/mol. The van der Waals surface area contributed by atoms with Crippen LogP contribution in [0, 0.1) is 0 Å². The third-order valence-corrected chi connectivity index (χ3v) is 28.3. The Kier molecular flexibility index (Phi) is 8.46. The zero-order chi connectivity index (χ0) is 30.1. The van der Waals surface area contributed by atoms with E-state index in [0.29, 0.717) is 0 Å². The Morgan fingerprint density at radius 2 is 1.32 bits per heavy atom. The minimum atomic E-state index is -2.94. The summed E-state index contributed by atoms with van der Waals surface area (Å²) in [7, 11) is -8.05. The highest BCUT2D eigenvalue weighted by Gasteiger charge is 2.79. The molecule has 0 bridgehead atoms. The lowest BCUT2D eigenvalue weighted by Gasteiger charge is -2.61. The predicted octanol–water partition coefficient (Wildman–Crippen LogP) is 5.01. The van der Waals surface area contributed by atoms with Crippen LogP contribution in [0.1, 0.15) is 68.5 Å². The molecule has 3 N–H and O–H groups in total. The molecule has 2 heterocycles. The number of rotatable bonds is 6. The number of ether oxygens (including phenoxy) is 1. The monoisotopic (exact) mass is 586 g/mol. The van der Waals surface area contributed by atoms with Crippen LogP contribution >= 0.6 is 0 Å². The topological polar surface area (TPSA) is 114 Å². The molecule has 1 aliphatic rings. The van der Waals surface area contributed by atoms with Gasteiger partial charge in [-0.3, -0.25) is 14.3 Å². The molecule has 0 aliphatic carbocycles. The summed E-state index contributed by atoms with van der Waals surface area (Å²) >= 11 is 0. The van der Waals surface area contributed by atoms with Crippen molar-refractivity contribution in [2.45, 2.75) is 139 Å². The second kappa shape index (κ2) is 9.63. The first kappa shape index (κ1) is 33.4. The summed E-state index contributed by atoms with van der Waals surface area (Å²) in [5, 5.41) is 22.3. The third-order valence-electron chi connectivity index (χ3n) is 10.9. The van der Waals surface area contributed by atoms with Crippen molar-refractivity contribution in [1.29, 1.82) is 0 Å². The Morgan fingerprint density at radius 1 is 0.868 bits per heavy atom. The van der Waals surface area contributed by atoms with E-state index in [1.165, 1.54) is 16.8 Å². The summed E-state index contributed by atoms with van der Waals surface area (Å²) in [4.78, 5) is 27.4. The molecule has 11 heteroatoms. The molecule has 4 atom stereocenters.